The van der Waals surface area contributed by atoms with Crippen molar-refractivity contribution in [3.8, 4) is 10.7 Å². The second-order valence-corrected chi connectivity index (χ2v) is 7.25. The number of thioether (sulfide) groups is 1. The predicted molar refractivity (Wildman–Crippen MR) is 83.7 cm³/mol. The Kier molecular flexibility index (Phi) is 4.30. The van der Waals surface area contributed by atoms with Crippen LogP contribution < -0.4 is 0 Å². The smallest absolute Gasteiger partial charge is 0.313 e. The molecule has 3 rings (SSSR count). The van der Waals surface area contributed by atoms with E-state index in [9.17, 15) is 4.79 Å². The van der Waals surface area contributed by atoms with E-state index in [2.05, 4.69) is 21.7 Å². The molecule has 2 aromatic rings. The zero-order valence-electron chi connectivity index (χ0n) is 11.7. The lowest BCUT2D eigenvalue weighted by molar-refractivity contribution is -0.133. The first-order valence-corrected chi connectivity index (χ1v) is 8.85. The van der Waals surface area contributed by atoms with Gasteiger partial charge >= 0.3 is 5.97 Å². The summed E-state index contributed by atoms with van der Waals surface area (Å²) in [5.41, 5.74) is 0. The molecule has 0 bridgehead atoms. The molecule has 5 nitrogen and oxygen atoms in total. The SMILES string of the molecule is CC(CC1CC1)n1c(SCC(=O)O)nnc1-c1cccs1. The molecule has 0 amide bonds. The van der Waals surface area contributed by atoms with Crippen molar-refractivity contribution in [3.05, 3.63) is 17.5 Å². The van der Waals surface area contributed by atoms with Crippen molar-refractivity contribution in [2.75, 3.05) is 5.75 Å². The number of thiophene rings is 1. The third kappa shape index (κ3) is 3.47. The molecular formula is C14H17N3O2S2. The molecule has 0 spiro atoms. The number of hydrogen-bond acceptors (Lipinski definition) is 5. The van der Waals surface area contributed by atoms with E-state index in [1.54, 1.807) is 11.3 Å². The first kappa shape index (κ1) is 14.6. The Hall–Kier alpha value is -1.34. The lowest BCUT2D eigenvalue weighted by Gasteiger charge is -2.17. The molecule has 1 N–H and O–H groups in total. The summed E-state index contributed by atoms with van der Waals surface area (Å²) in [5, 5.41) is 20.1. The van der Waals surface area contributed by atoms with Crippen molar-refractivity contribution >= 4 is 29.1 Å². The largest absolute Gasteiger partial charge is 0.481 e. The molecule has 1 fully saturated rings. The Bertz CT molecular complexity index is 620. The summed E-state index contributed by atoms with van der Waals surface area (Å²) in [6.45, 7) is 2.17. The Morgan fingerprint density at radius 2 is 2.38 bits per heavy atom. The molecule has 1 saturated carbocycles. The zero-order chi connectivity index (χ0) is 14.8. The van der Waals surface area contributed by atoms with E-state index in [1.807, 2.05) is 17.5 Å². The number of hydrogen-bond donors (Lipinski definition) is 1. The van der Waals surface area contributed by atoms with Gasteiger partial charge in [-0.2, -0.15) is 0 Å². The van der Waals surface area contributed by atoms with Crippen molar-refractivity contribution in [2.24, 2.45) is 5.92 Å². The van der Waals surface area contributed by atoms with E-state index < -0.39 is 5.97 Å². The fourth-order valence-electron chi connectivity index (χ4n) is 2.41. The summed E-state index contributed by atoms with van der Waals surface area (Å²) in [7, 11) is 0. The lowest BCUT2D eigenvalue weighted by atomic mass is 10.1. The van der Waals surface area contributed by atoms with E-state index in [0.717, 1.165) is 23.0 Å². The number of aliphatic carboxylic acids is 1. The van der Waals surface area contributed by atoms with Gasteiger partial charge in [-0.05, 0) is 30.7 Å². The molecule has 1 aliphatic rings. The predicted octanol–water partition coefficient (Wildman–Crippen LogP) is 3.54. The topological polar surface area (TPSA) is 68.0 Å². The van der Waals surface area contributed by atoms with Crippen LogP contribution in [0.2, 0.25) is 0 Å². The van der Waals surface area contributed by atoms with Crippen LogP contribution >= 0.6 is 23.1 Å². The minimum Gasteiger partial charge on any atom is -0.481 e. The number of carboxylic acids is 1. The molecule has 0 aliphatic heterocycles. The van der Waals surface area contributed by atoms with Gasteiger partial charge in [-0.3, -0.25) is 9.36 Å². The van der Waals surface area contributed by atoms with Crippen LogP contribution in [0, 0.1) is 5.92 Å². The number of aromatic nitrogens is 3. The van der Waals surface area contributed by atoms with Crippen molar-refractivity contribution in [3.63, 3.8) is 0 Å². The van der Waals surface area contributed by atoms with Gasteiger partial charge in [-0.25, -0.2) is 0 Å². The van der Waals surface area contributed by atoms with E-state index in [4.69, 9.17) is 5.11 Å². The van der Waals surface area contributed by atoms with Gasteiger partial charge in [0.2, 0.25) is 0 Å². The van der Waals surface area contributed by atoms with Gasteiger partial charge in [-0.1, -0.05) is 30.7 Å². The molecule has 0 radical (unpaired) electrons. The number of nitrogens with zero attached hydrogens (tertiary/aromatic N) is 3. The molecule has 1 unspecified atom stereocenters. The minimum atomic E-state index is -0.831. The maximum atomic E-state index is 10.8. The summed E-state index contributed by atoms with van der Waals surface area (Å²) >= 11 is 2.87. The van der Waals surface area contributed by atoms with E-state index in [-0.39, 0.29) is 5.75 Å². The van der Waals surface area contributed by atoms with Crippen LogP contribution in [0.1, 0.15) is 32.2 Å². The zero-order valence-corrected chi connectivity index (χ0v) is 13.4. The minimum absolute atomic E-state index is 0.0126. The van der Waals surface area contributed by atoms with Gasteiger partial charge in [-0.15, -0.1) is 21.5 Å². The number of carboxylic acid groups (broad SMARTS) is 1. The highest BCUT2D eigenvalue weighted by molar-refractivity contribution is 7.99. The van der Waals surface area contributed by atoms with Crippen LogP contribution in [0.4, 0.5) is 0 Å². The fourth-order valence-corrected chi connectivity index (χ4v) is 3.88. The van der Waals surface area contributed by atoms with Gasteiger partial charge in [0.15, 0.2) is 11.0 Å². The molecule has 0 aromatic carbocycles. The van der Waals surface area contributed by atoms with Crippen LogP contribution in [-0.4, -0.2) is 31.6 Å². The summed E-state index contributed by atoms with van der Waals surface area (Å²) in [6.07, 6.45) is 3.72. The third-order valence-corrected chi connectivity index (χ3v) is 5.34. The molecule has 0 saturated heterocycles. The van der Waals surface area contributed by atoms with E-state index in [0.29, 0.717) is 11.2 Å². The van der Waals surface area contributed by atoms with Gasteiger partial charge in [0.1, 0.15) is 0 Å². The van der Waals surface area contributed by atoms with Crippen molar-refractivity contribution in [1.29, 1.82) is 0 Å². The average Bonchev–Trinajstić information content (AvgIpc) is 2.95. The maximum absolute atomic E-state index is 10.8. The van der Waals surface area contributed by atoms with Gasteiger partial charge in [0.05, 0.1) is 10.6 Å². The van der Waals surface area contributed by atoms with Gasteiger partial charge in [0.25, 0.3) is 0 Å². The second-order valence-electron chi connectivity index (χ2n) is 5.36. The third-order valence-electron chi connectivity index (χ3n) is 3.54. The Morgan fingerprint density at radius 1 is 1.57 bits per heavy atom. The standard InChI is InChI=1S/C14H17N3O2S2/c1-9(7-10-4-5-10)17-13(11-3-2-6-20-11)15-16-14(17)21-8-12(18)19/h2-3,6,9-10H,4-5,7-8H2,1H3,(H,18,19). The summed E-state index contributed by atoms with van der Waals surface area (Å²) < 4.78 is 2.11. The van der Waals surface area contributed by atoms with Crippen LogP contribution in [0.15, 0.2) is 22.7 Å². The van der Waals surface area contributed by atoms with Gasteiger partial charge in [0, 0.05) is 6.04 Å². The summed E-state index contributed by atoms with van der Waals surface area (Å²) in [5.74, 6) is 0.836. The molecule has 112 valence electrons. The first-order chi connectivity index (χ1) is 10.1. The Morgan fingerprint density at radius 3 is 3.00 bits per heavy atom. The summed E-state index contributed by atoms with van der Waals surface area (Å²) in [4.78, 5) is 11.9. The van der Waals surface area contributed by atoms with Crippen molar-refractivity contribution in [1.82, 2.24) is 14.8 Å². The molecule has 21 heavy (non-hydrogen) atoms. The molecule has 2 aromatic heterocycles. The first-order valence-electron chi connectivity index (χ1n) is 6.98. The summed E-state index contributed by atoms with van der Waals surface area (Å²) in [6, 6.07) is 4.32. The molecule has 7 heteroatoms. The van der Waals surface area contributed by atoms with Crippen LogP contribution in [0.5, 0.6) is 0 Å². The Labute approximate surface area is 131 Å². The van der Waals surface area contributed by atoms with E-state index >= 15 is 0 Å². The normalized spacial score (nSPS) is 16.0. The monoisotopic (exact) mass is 323 g/mol. The number of carbonyl (C=O) groups is 1. The van der Waals surface area contributed by atoms with E-state index in [1.165, 1.54) is 24.6 Å². The molecule has 2 heterocycles. The van der Waals surface area contributed by atoms with Crippen molar-refractivity contribution in [2.45, 2.75) is 37.4 Å². The maximum Gasteiger partial charge on any atom is 0.313 e. The quantitative estimate of drug-likeness (QED) is 0.789. The highest BCUT2D eigenvalue weighted by atomic mass is 32.2. The number of rotatable bonds is 7. The molecular weight excluding hydrogens is 306 g/mol. The molecule has 1 atom stereocenters. The average molecular weight is 323 g/mol. The Balaban J connectivity index is 1.90. The van der Waals surface area contributed by atoms with Crippen LogP contribution in [-0.2, 0) is 4.79 Å². The highest BCUT2D eigenvalue weighted by Crippen LogP contribution is 2.39. The second kappa shape index (κ2) is 6.19. The van der Waals surface area contributed by atoms with Crippen molar-refractivity contribution < 1.29 is 9.90 Å². The fraction of sp³-hybridized carbons (Fsp3) is 0.500. The molecule has 1 aliphatic carbocycles. The van der Waals surface area contributed by atoms with Gasteiger partial charge < -0.3 is 5.11 Å². The van der Waals surface area contributed by atoms with Crippen LogP contribution in [0.3, 0.4) is 0 Å². The highest BCUT2D eigenvalue weighted by Gasteiger charge is 2.27. The lowest BCUT2D eigenvalue weighted by Crippen LogP contribution is -2.10. The van der Waals surface area contributed by atoms with Crippen LogP contribution in [0.25, 0.3) is 10.7 Å².